The second-order valence-electron chi connectivity index (χ2n) is 8.46. The zero-order valence-electron chi connectivity index (χ0n) is 20.0. The summed E-state index contributed by atoms with van der Waals surface area (Å²) in [7, 11) is 1.54. The summed E-state index contributed by atoms with van der Waals surface area (Å²) >= 11 is 5.61. The summed E-state index contributed by atoms with van der Waals surface area (Å²) in [6.07, 6.45) is 5.85. The number of allylic oxidation sites excluding steroid dienone is 2. The molecular weight excluding hydrogens is 491 g/mol. The van der Waals surface area contributed by atoms with E-state index in [1.54, 1.807) is 19.2 Å². The number of methoxy groups -OCH3 is 1. The average molecular weight is 519 g/mol. The molecule has 4 rings (SSSR count). The Bertz CT molecular complexity index is 1180. The number of benzene rings is 1. The van der Waals surface area contributed by atoms with Crippen molar-refractivity contribution in [2.75, 3.05) is 51.2 Å². The van der Waals surface area contributed by atoms with Gasteiger partial charge in [0.2, 0.25) is 11.6 Å². The number of ether oxygens (including phenoxy) is 3. The number of nitrogens with zero attached hydrogens (tertiary/aromatic N) is 3. The number of rotatable bonds is 12. The molecule has 1 aliphatic carbocycles. The van der Waals surface area contributed by atoms with Crippen LogP contribution < -0.4 is 14.8 Å². The van der Waals surface area contributed by atoms with Crippen molar-refractivity contribution in [1.82, 2.24) is 14.9 Å². The van der Waals surface area contributed by atoms with Crippen molar-refractivity contribution in [3.63, 3.8) is 0 Å². The van der Waals surface area contributed by atoms with Crippen molar-refractivity contribution in [2.24, 2.45) is 0 Å². The molecule has 2 aliphatic rings. The molecule has 2 heterocycles. The molecule has 0 spiro atoms. The number of aromatic nitrogens is 2. The van der Waals surface area contributed by atoms with Gasteiger partial charge in [-0.25, -0.2) is 14.4 Å². The van der Waals surface area contributed by atoms with E-state index in [9.17, 15) is 14.0 Å². The van der Waals surface area contributed by atoms with Gasteiger partial charge < -0.3 is 24.4 Å². The Labute approximate surface area is 213 Å². The number of alkyl halides is 2. The van der Waals surface area contributed by atoms with Crippen LogP contribution in [-0.4, -0.2) is 78.4 Å². The fourth-order valence-corrected chi connectivity index (χ4v) is 4.20. The van der Waals surface area contributed by atoms with Gasteiger partial charge in [-0.05, 0) is 38.4 Å². The standard InChI is InChI=1S/C25H28ClFN4O5/c1-34-23-9-17-18(11-24(23)35-8-4-7-31-5-2-3-6-31)28-15-29-25(17)30-19-10-21(33)22(12-20(19)32)36-16(13-26)14-27/h9-12,15-16H,2-8,13-14H2,1H3,(H,28,29,30). The van der Waals surface area contributed by atoms with Crippen molar-refractivity contribution in [3.8, 4) is 11.5 Å². The second kappa shape index (κ2) is 12.1. The number of ketones is 2. The molecule has 2 aromatic rings. The van der Waals surface area contributed by atoms with Crippen molar-refractivity contribution in [3.05, 3.63) is 42.1 Å². The summed E-state index contributed by atoms with van der Waals surface area (Å²) in [4.78, 5) is 36.0. The van der Waals surface area contributed by atoms with Crippen LogP contribution in [0.2, 0.25) is 0 Å². The van der Waals surface area contributed by atoms with Crippen LogP contribution in [0.25, 0.3) is 10.9 Å². The van der Waals surface area contributed by atoms with Gasteiger partial charge >= 0.3 is 0 Å². The van der Waals surface area contributed by atoms with Crippen LogP contribution in [0.1, 0.15) is 19.3 Å². The molecular formula is C25H28ClFN4O5. The predicted octanol–water partition coefficient (Wildman–Crippen LogP) is 3.43. The van der Waals surface area contributed by atoms with Crippen LogP contribution in [0.4, 0.5) is 10.2 Å². The van der Waals surface area contributed by atoms with Gasteiger partial charge in [0.05, 0.1) is 30.8 Å². The Balaban J connectivity index is 1.48. The van der Waals surface area contributed by atoms with Gasteiger partial charge in [0, 0.05) is 30.1 Å². The van der Waals surface area contributed by atoms with Gasteiger partial charge in [0.1, 0.15) is 24.9 Å². The van der Waals surface area contributed by atoms with E-state index in [2.05, 4.69) is 20.2 Å². The lowest BCUT2D eigenvalue weighted by Crippen LogP contribution is -2.25. The highest BCUT2D eigenvalue weighted by Gasteiger charge is 2.25. The van der Waals surface area contributed by atoms with E-state index in [0.717, 1.165) is 38.2 Å². The van der Waals surface area contributed by atoms with E-state index in [-0.39, 0.29) is 17.3 Å². The van der Waals surface area contributed by atoms with Gasteiger partial charge in [-0.2, -0.15) is 0 Å². The van der Waals surface area contributed by atoms with Gasteiger partial charge in [-0.1, -0.05) is 0 Å². The molecule has 0 radical (unpaired) electrons. The Morgan fingerprint density at radius 2 is 1.94 bits per heavy atom. The molecule has 1 N–H and O–H groups in total. The van der Waals surface area contributed by atoms with E-state index in [0.29, 0.717) is 34.8 Å². The predicted molar refractivity (Wildman–Crippen MR) is 133 cm³/mol. The van der Waals surface area contributed by atoms with Crippen LogP contribution in [0, 0.1) is 0 Å². The third kappa shape index (κ3) is 6.11. The first-order valence-corrected chi connectivity index (χ1v) is 12.3. The minimum Gasteiger partial charge on any atom is -0.493 e. The highest BCUT2D eigenvalue weighted by Crippen LogP contribution is 2.34. The first-order valence-electron chi connectivity index (χ1n) is 11.8. The van der Waals surface area contributed by atoms with Crippen LogP contribution in [-0.2, 0) is 14.3 Å². The monoisotopic (exact) mass is 518 g/mol. The third-order valence-corrected chi connectivity index (χ3v) is 6.28. The maximum absolute atomic E-state index is 12.9. The van der Waals surface area contributed by atoms with Crippen LogP contribution in [0.5, 0.6) is 11.5 Å². The number of halogens is 2. The molecule has 1 saturated heterocycles. The van der Waals surface area contributed by atoms with E-state index in [1.807, 2.05) is 0 Å². The summed E-state index contributed by atoms with van der Waals surface area (Å²) in [5, 5.41) is 3.47. The Kier molecular flexibility index (Phi) is 8.71. The number of fused-ring (bicyclic) bond motifs is 1. The lowest BCUT2D eigenvalue weighted by molar-refractivity contribution is -0.118. The van der Waals surface area contributed by atoms with Gasteiger partial charge in [-0.3, -0.25) is 9.59 Å². The van der Waals surface area contributed by atoms with Crippen LogP contribution in [0.15, 0.2) is 42.1 Å². The van der Waals surface area contributed by atoms with Crippen molar-refractivity contribution in [1.29, 1.82) is 0 Å². The highest BCUT2D eigenvalue weighted by atomic mass is 35.5. The first-order chi connectivity index (χ1) is 17.5. The SMILES string of the molecule is COc1cc2c(NC3=CC(=O)C(OC(CF)CCl)=CC3=O)ncnc2cc1OCCCN1CCCC1. The average Bonchev–Trinajstić information content (AvgIpc) is 3.41. The largest absolute Gasteiger partial charge is 0.493 e. The Morgan fingerprint density at radius 3 is 2.67 bits per heavy atom. The molecule has 0 amide bonds. The summed E-state index contributed by atoms with van der Waals surface area (Å²) in [5.41, 5.74) is 0.571. The first kappa shape index (κ1) is 25.8. The van der Waals surface area contributed by atoms with Gasteiger partial charge in [-0.15, -0.1) is 11.6 Å². The van der Waals surface area contributed by atoms with Crippen LogP contribution >= 0.6 is 11.6 Å². The minimum absolute atomic E-state index is 0.00349. The fraction of sp³-hybridized carbons (Fsp3) is 0.440. The van der Waals surface area contributed by atoms with Gasteiger partial charge in [0.15, 0.2) is 17.3 Å². The van der Waals surface area contributed by atoms with E-state index in [1.165, 1.54) is 19.2 Å². The van der Waals surface area contributed by atoms with E-state index in [4.69, 9.17) is 25.8 Å². The summed E-state index contributed by atoms with van der Waals surface area (Å²) in [5.74, 6) is -0.139. The maximum atomic E-state index is 12.9. The summed E-state index contributed by atoms with van der Waals surface area (Å²) < 4.78 is 29.6. The normalized spacial score (nSPS) is 17.1. The molecule has 36 heavy (non-hydrogen) atoms. The molecule has 1 aromatic heterocycles. The molecule has 1 fully saturated rings. The van der Waals surface area contributed by atoms with E-state index >= 15 is 0 Å². The number of carbonyl (C=O) groups is 2. The molecule has 1 aliphatic heterocycles. The molecule has 11 heteroatoms. The van der Waals surface area contributed by atoms with Crippen molar-refractivity contribution < 1.29 is 28.2 Å². The zero-order chi connectivity index (χ0) is 25.5. The molecule has 1 unspecified atom stereocenters. The third-order valence-electron chi connectivity index (χ3n) is 5.93. The quantitative estimate of drug-likeness (QED) is 0.257. The number of hydrogen-bond donors (Lipinski definition) is 1. The molecule has 192 valence electrons. The Hall–Kier alpha value is -3.24. The molecule has 1 aromatic carbocycles. The topological polar surface area (TPSA) is 103 Å². The summed E-state index contributed by atoms with van der Waals surface area (Å²) in [6.45, 7) is 2.95. The smallest absolute Gasteiger partial charge is 0.222 e. The fourth-order valence-electron chi connectivity index (χ4n) is 4.05. The van der Waals surface area contributed by atoms with Crippen molar-refractivity contribution in [2.45, 2.75) is 25.4 Å². The maximum Gasteiger partial charge on any atom is 0.222 e. The number of likely N-dealkylation sites (tertiary alicyclic amines) is 1. The number of nitrogens with one attached hydrogen (secondary N) is 1. The zero-order valence-corrected chi connectivity index (χ0v) is 20.7. The van der Waals surface area contributed by atoms with E-state index < -0.39 is 24.3 Å². The molecule has 0 bridgehead atoms. The van der Waals surface area contributed by atoms with Gasteiger partial charge in [0.25, 0.3) is 0 Å². The summed E-state index contributed by atoms with van der Waals surface area (Å²) in [6, 6.07) is 3.48. The van der Waals surface area contributed by atoms with Crippen molar-refractivity contribution >= 4 is 39.9 Å². The lowest BCUT2D eigenvalue weighted by atomic mass is 10.1. The second-order valence-corrected chi connectivity index (χ2v) is 8.77. The number of hydrogen-bond acceptors (Lipinski definition) is 9. The minimum atomic E-state index is -1.01. The molecule has 1 atom stereocenters. The number of anilines is 1. The molecule has 9 nitrogen and oxygen atoms in total. The Morgan fingerprint density at radius 1 is 1.14 bits per heavy atom. The number of carbonyl (C=O) groups excluding carboxylic acids is 2. The van der Waals surface area contributed by atoms with Crippen LogP contribution in [0.3, 0.4) is 0 Å². The molecule has 0 saturated carbocycles. The highest BCUT2D eigenvalue weighted by molar-refractivity contribution is 6.20. The lowest BCUT2D eigenvalue weighted by Gasteiger charge is -2.18.